The van der Waals surface area contributed by atoms with Gasteiger partial charge in [0, 0.05) is 0 Å². The van der Waals surface area contributed by atoms with Crippen LogP contribution in [0.4, 0.5) is 0 Å². The maximum atomic E-state index is 2.60. The van der Waals surface area contributed by atoms with Gasteiger partial charge < -0.3 is 24.8 Å². The van der Waals surface area contributed by atoms with E-state index in [1.54, 1.807) is 20.0 Å². The third-order valence-corrected chi connectivity index (χ3v) is 17.4. The van der Waals surface area contributed by atoms with Crippen molar-refractivity contribution in [2.75, 3.05) is 0 Å². The van der Waals surface area contributed by atoms with Crippen molar-refractivity contribution in [2.24, 2.45) is 0 Å². The van der Waals surface area contributed by atoms with Crippen LogP contribution in [0.2, 0.25) is 13.1 Å². The normalized spacial score (nSPS) is 14.4. The summed E-state index contributed by atoms with van der Waals surface area (Å²) in [4.78, 5) is 0. The van der Waals surface area contributed by atoms with E-state index in [1.807, 2.05) is 0 Å². The van der Waals surface area contributed by atoms with Crippen LogP contribution in [0.15, 0.2) is 96.6 Å². The van der Waals surface area contributed by atoms with Crippen LogP contribution in [0, 0.1) is 6.92 Å². The second kappa shape index (κ2) is 12.8. The minimum Gasteiger partial charge on any atom is -1.00 e. The zero-order valence-corrected chi connectivity index (χ0v) is 29.9. The molecule has 0 radical (unpaired) electrons. The number of hydrogen-bond acceptors (Lipinski definition) is 0. The molecule has 0 saturated heterocycles. The molecular weight excluding hydrogens is 647 g/mol. The van der Waals surface area contributed by atoms with Crippen LogP contribution < -0.4 is 28.1 Å². The molecule has 7 rings (SSSR count). The van der Waals surface area contributed by atoms with Gasteiger partial charge in [0.15, 0.2) is 0 Å². The number of hydrogen-bond donors (Lipinski definition) is 0. The van der Waals surface area contributed by atoms with E-state index in [1.165, 1.54) is 61.7 Å². The van der Waals surface area contributed by atoms with E-state index in [9.17, 15) is 0 Å². The molecular formula is C38H36Cl2SiZr. The Labute approximate surface area is 275 Å². The van der Waals surface area contributed by atoms with Gasteiger partial charge in [0.2, 0.25) is 0 Å². The molecule has 210 valence electrons. The smallest absolute Gasteiger partial charge is 1.00 e. The fourth-order valence-electron chi connectivity index (χ4n) is 7.27. The predicted molar refractivity (Wildman–Crippen MR) is 172 cm³/mol. The summed E-state index contributed by atoms with van der Waals surface area (Å²) in [7, 11) is 0. The number of fused-ring (bicyclic) bond motifs is 5. The Hall–Kier alpha value is -2.22. The molecule has 0 spiro atoms. The first kappa shape index (κ1) is 31.2. The van der Waals surface area contributed by atoms with Crippen LogP contribution >= 0.6 is 0 Å². The molecule has 0 bridgehead atoms. The van der Waals surface area contributed by atoms with E-state index in [4.69, 9.17) is 0 Å². The van der Waals surface area contributed by atoms with Crippen LogP contribution in [-0.2, 0) is 28.8 Å². The molecule has 42 heavy (non-hydrogen) atoms. The average molecular weight is 683 g/mol. The SMILES string of the molecule is CCCC1=Cc2c(-c3c(C)ccc4ccccc34)cccc2C1c1[c]([Zr+2][SiH](C)C)ccc2c1Cc1ccccc1-2.[Cl-].[Cl-]. The van der Waals surface area contributed by atoms with Crippen molar-refractivity contribution in [3.05, 3.63) is 130 Å². The van der Waals surface area contributed by atoms with Crippen LogP contribution in [0.25, 0.3) is 39.1 Å². The minimum atomic E-state index is -0.636. The van der Waals surface area contributed by atoms with Crippen LogP contribution in [0.5, 0.6) is 0 Å². The molecule has 0 heterocycles. The number of aryl methyl sites for hydroxylation is 1. The second-order valence-electron chi connectivity index (χ2n) is 11.9. The van der Waals surface area contributed by atoms with E-state index in [2.05, 4.69) is 124 Å². The second-order valence-corrected chi connectivity index (χ2v) is 26.4. The van der Waals surface area contributed by atoms with Crippen LogP contribution in [-0.4, -0.2) is 5.92 Å². The van der Waals surface area contributed by atoms with E-state index in [-0.39, 0.29) is 24.8 Å². The first-order valence-electron chi connectivity index (χ1n) is 14.9. The van der Waals surface area contributed by atoms with Crippen molar-refractivity contribution in [3.8, 4) is 22.3 Å². The first-order valence-corrected chi connectivity index (χ1v) is 23.2. The van der Waals surface area contributed by atoms with Gasteiger partial charge in [-0.3, -0.25) is 0 Å². The Morgan fingerprint density at radius 3 is 2.36 bits per heavy atom. The molecule has 0 saturated carbocycles. The molecule has 2 aliphatic rings. The predicted octanol–water partition coefficient (Wildman–Crippen LogP) is 3.41. The fourth-order valence-corrected chi connectivity index (χ4v) is 15.5. The van der Waals surface area contributed by atoms with Crippen molar-refractivity contribution >= 4 is 26.0 Å². The summed E-state index contributed by atoms with van der Waals surface area (Å²) in [5, 5.41) is 2.68. The number of benzene rings is 5. The van der Waals surface area contributed by atoms with Gasteiger partial charge >= 0.3 is 253 Å². The van der Waals surface area contributed by atoms with Crippen molar-refractivity contribution in [2.45, 2.75) is 52.1 Å². The molecule has 5 aromatic carbocycles. The molecule has 0 nitrogen and oxygen atoms in total. The third-order valence-electron chi connectivity index (χ3n) is 8.86. The molecule has 2 aliphatic carbocycles. The first-order chi connectivity index (χ1) is 19.5. The van der Waals surface area contributed by atoms with Crippen molar-refractivity contribution in [1.29, 1.82) is 0 Å². The van der Waals surface area contributed by atoms with Crippen LogP contribution in [0.3, 0.4) is 0 Å². The average Bonchev–Trinajstić information content (AvgIpc) is 3.51. The molecule has 0 fully saturated rings. The summed E-state index contributed by atoms with van der Waals surface area (Å²) in [6.07, 6.45) is 6.03. The van der Waals surface area contributed by atoms with Gasteiger partial charge in [-0.25, -0.2) is 0 Å². The maximum absolute atomic E-state index is 2.60. The molecule has 0 amide bonds. The molecule has 0 aliphatic heterocycles. The van der Waals surface area contributed by atoms with Gasteiger partial charge in [0.25, 0.3) is 0 Å². The quantitative estimate of drug-likeness (QED) is 0.237. The zero-order valence-electron chi connectivity index (χ0n) is 24.8. The van der Waals surface area contributed by atoms with Gasteiger partial charge in [-0.15, -0.1) is 0 Å². The summed E-state index contributed by atoms with van der Waals surface area (Å²) in [6.45, 7) is 9.78. The summed E-state index contributed by atoms with van der Waals surface area (Å²) in [6, 6.07) is 34.8. The fraction of sp³-hybridized carbons (Fsp3) is 0.211. The molecule has 1 atom stereocenters. The van der Waals surface area contributed by atoms with Crippen LogP contribution in [0.1, 0.15) is 59.1 Å². The van der Waals surface area contributed by atoms with E-state index < -0.39 is 28.3 Å². The number of rotatable bonds is 6. The van der Waals surface area contributed by atoms with Gasteiger partial charge in [-0.1, -0.05) is 0 Å². The summed E-state index contributed by atoms with van der Waals surface area (Å²) in [5.41, 5.74) is 16.6. The molecule has 5 aromatic rings. The van der Waals surface area contributed by atoms with Gasteiger partial charge in [0.05, 0.1) is 0 Å². The molecule has 1 unspecified atom stereocenters. The topological polar surface area (TPSA) is 0 Å². The maximum Gasteiger partial charge on any atom is -1.00 e. The summed E-state index contributed by atoms with van der Waals surface area (Å²) < 4.78 is 1.77. The largest absolute Gasteiger partial charge is 1.00 e. The molecule has 4 heteroatoms. The van der Waals surface area contributed by atoms with E-state index >= 15 is 0 Å². The Balaban J connectivity index is 0.00000176. The monoisotopic (exact) mass is 680 g/mol. The van der Waals surface area contributed by atoms with Crippen molar-refractivity contribution in [3.63, 3.8) is 0 Å². The molecule has 0 N–H and O–H groups in total. The van der Waals surface area contributed by atoms with E-state index in [0.717, 1.165) is 12.8 Å². The number of allylic oxidation sites excluding steroid dienone is 1. The zero-order chi connectivity index (χ0) is 27.4. The van der Waals surface area contributed by atoms with Crippen molar-refractivity contribution in [1.82, 2.24) is 0 Å². The van der Waals surface area contributed by atoms with Gasteiger partial charge in [-0.05, 0) is 0 Å². The molecule has 0 aromatic heterocycles. The number of halogens is 2. The standard InChI is InChI=1S/C36H29.C2H7Si.2ClH.Zr/c1-3-10-26-22-34-30(35-23(2)19-20-24-11-4-7-14-28(24)35)16-9-18-32(34)36(26)31-17-8-15-29-27-13-6-5-12-25(27)21-33(29)31;1-3-2;;;/h4-9,11-16,18-20,22,36H,3,10,21H2,1-2H3;3H,1-2H3;2*1H;/q;;;;+2/p-2. The Kier molecular flexibility index (Phi) is 9.51. The van der Waals surface area contributed by atoms with Crippen molar-refractivity contribution < 1.29 is 47.2 Å². The third kappa shape index (κ3) is 5.24. The Morgan fingerprint density at radius 2 is 1.55 bits per heavy atom. The van der Waals surface area contributed by atoms with Gasteiger partial charge in [-0.2, -0.15) is 0 Å². The van der Waals surface area contributed by atoms with Gasteiger partial charge in [0.1, 0.15) is 0 Å². The summed E-state index contributed by atoms with van der Waals surface area (Å²) in [5.74, 6) is -0.249. The Bertz CT molecular complexity index is 1820. The van der Waals surface area contributed by atoms with E-state index in [0.29, 0.717) is 5.92 Å². The minimum absolute atomic E-state index is 0. The summed E-state index contributed by atoms with van der Waals surface area (Å²) >= 11 is -0.604. The Morgan fingerprint density at radius 1 is 0.786 bits per heavy atom.